The van der Waals surface area contributed by atoms with Crippen LogP contribution in [-0.2, 0) is 11.2 Å². The fourth-order valence-electron chi connectivity index (χ4n) is 4.16. The van der Waals surface area contributed by atoms with Crippen molar-refractivity contribution in [3.63, 3.8) is 0 Å². The lowest BCUT2D eigenvalue weighted by Gasteiger charge is -2.15. The van der Waals surface area contributed by atoms with Crippen molar-refractivity contribution in [1.29, 1.82) is 0 Å². The molecular weight excluding hydrogens is 398 g/mol. The van der Waals surface area contributed by atoms with Crippen LogP contribution in [0, 0.1) is 6.92 Å². The number of carbonyl (C=O) groups is 1. The van der Waals surface area contributed by atoms with Gasteiger partial charge in [-0.25, -0.2) is 4.68 Å². The molecule has 0 spiro atoms. The van der Waals surface area contributed by atoms with Crippen LogP contribution in [0.4, 0.5) is 5.69 Å². The van der Waals surface area contributed by atoms with E-state index in [2.05, 4.69) is 22.5 Å². The Hall–Kier alpha value is -3.99. The molecule has 3 aromatic carbocycles. The van der Waals surface area contributed by atoms with Crippen molar-refractivity contribution in [3.8, 4) is 22.4 Å². The zero-order valence-corrected chi connectivity index (χ0v) is 18.0. The number of carbonyl (C=O) groups excluding carboxylic acids is 1. The molecule has 1 amide bonds. The van der Waals surface area contributed by atoms with Crippen LogP contribution < -0.4 is 10.9 Å². The molecule has 5 rings (SSSR count). The molecule has 0 bridgehead atoms. The van der Waals surface area contributed by atoms with E-state index in [0.29, 0.717) is 5.69 Å². The number of anilines is 1. The minimum absolute atomic E-state index is 0.281. The summed E-state index contributed by atoms with van der Waals surface area (Å²) < 4.78 is 1.24. The number of nitrogens with zero attached hydrogens (tertiary/aromatic N) is 2. The smallest absolute Gasteiger partial charge is 0.267 e. The van der Waals surface area contributed by atoms with E-state index < -0.39 is 6.04 Å². The topological polar surface area (TPSA) is 64.0 Å². The Kier molecular flexibility index (Phi) is 4.94. The van der Waals surface area contributed by atoms with E-state index in [0.717, 1.165) is 23.2 Å². The number of nitrogens with one attached hydrogen (secondary N) is 1. The highest BCUT2D eigenvalue weighted by atomic mass is 16.2. The van der Waals surface area contributed by atoms with Crippen LogP contribution in [0.15, 0.2) is 83.7 Å². The second-order valence-corrected chi connectivity index (χ2v) is 8.24. The van der Waals surface area contributed by atoms with Gasteiger partial charge in [0.1, 0.15) is 6.04 Å². The van der Waals surface area contributed by atoms with Gasteiger partial charge in [-0.05, 0) is 60.7 Å². The molecule has 1 aromatic heterocycles. The summed E-state index contributed by atoms with van der Waals surface area (Å²) in [6, 6.07) is 24.6. The normalized spacial score (nSPS) is 12.7. The number of fused-ring (bicyclic) bond motifs is 3. The predicted molar refractivity (Wildman–Crippen MR) is 127 cm³/mol. The first-order chi connectivity index (χ1) is 15.5. The minimum Gasteiger partial charge on any atom is -0.324 e. The Bertz CT molecular complexity index is 1390. The van der Waals surface area contributed by atoms with Crippen LogP contribution in [0.3, 0.4) is 0 Å². The van der Waals surface area contributed by atoms with Crippen LogP contribution in [0.25, 0.3) is 22.4 Å². The van der Waals surface area contributed by atoms with Crippen molar-refractivity contribution < 1.29 is 4.79 Å². The molecule has 1 aliphatic rings. The van der Waals surface area contributed by atoms with E-state index in [4.69, 9.17) is 0 Å². The monoisotopic (exact) mass is 421 g/mol. The fourth-order valence-corrected chi connectivity index (χ4v) is 4.16. The molecule has 1 atom stereocenters. The Morgan fingerprint density at radius 2 is 1.69 bits per heavy atom. The molecule has 158 valence electrons. The van der Waals surface area contributed by atoms with E-state index in [9.17, 15) is 9.59 Å². The molecule has 0 fully saturated rings. The standard InChI is InChI=1S/C27H23N3O2/c1-17-7-9-19(10-8-17)25-13-14-26(31)30(29-25)18(2)27(32)28-22-11-12-24-21(16-22)15-20-5-3-4-6-23(20)24/h3-14,16,18H,15H2,1-2H3,(H,28,32). The number of amides is 1. The van der Waals surface area contributed by atoms with E-state index in [1.165, 1.54) is 33.0 Å². The predicted octanol–water partition coefficient (Wildman–Crippen LogP) is 4.99. The summed E-state index contributed by atoms with van der Waals surface area (Å²) >= 11 is 0. The van der Waals surface area contributed by atoms with E-state index in [1.54, 1.807) is 13.0 Å². The average molecular weight is 422 g/mol. The van der Waals surface area contributed by atoms with Gasteiger partial charge in [0.05, 0.1) is 5.69 Å². The number of aryl methyl sites for hydroxylation is 1. The SMILES string of the molecule is Cc1ccc(-c2ccc(=O)n(C(C)C(=O)Nc3ccc4c(c3)Cc3ccccc3-4)n2)cc1. The van der Waals surface area contributed by atoms with Gasteiger partial charge in [0.2, 0.25) is 5.91 Å². The Balaban J connectivity index is 1.38. The summed E-state index contributed by atoms with van der Waals surface area (Å²) in [5.41, 5.74) is 8.04. The Morgan fingerprint density at radius 3 is 2.50 bits per heavy atom. The van der Waals surface area contributed by atoms with Gasteiger partial charge in [0.15, 0.2) is 0 Å². The molecular formula is C27H23N3O2. The van der Waals surface area contributed by atoms with Gasteiger partial charge in [-0.15, -0.1) is 0 Å². The summed E-state index contributed by atoms with van der Waals surface area (Å²) in [4.78, 5) is 25.4. The summed E-state index contributed by atoms with van der Waals surface area (Å²) in [7, 11) is 0. The van der Waals surface area contributed by atoms with Crippen molar-refractivity contribution >= 4 is 11.6 Å². The number of rotatable bonds is 4. The molecule has 1 aliphatic carbocycles. The van der Waals surface area contributed by atoms with Gasteiger partial charge in [0, 0.05) is 17.3 Å². The van der Waals surface area contributed by atoms with Crippen molar-refractivity contribution in [2.24, 2.45) is 0 Å². The zero-order valence-electron chi connectivity index (χ0n) is 18.0. The van der Waals surface area contributed by atoms with Crippen LogP contribution in [0.2, 0.25) is 0 Å². The molecule has 0 saturated carbocycles. The Morgan fingerprint density at radius 1 is 0.938 bits per heavy atom. The summed E-state index contributed by atoms with van der Waals surface area (Å²) in [5.74, 6) is -0.281. The second kappa shape index (κ2) is 7.93. The van der Waals surface area contributed by atoms with Gasteiger partial charge < -0.3 is 5.32 Å². The van der Waals surface area contributed by atoms with E-state index in [1.807, 2.05) is 61.5 Å². The van der Waals surface area contributed by atoms with Crippen molar-refractivity contribution in [1.82, 2.24) is 9.78 Å². The third-order valence-corrected chi connectivity index (χ3v) is 5.98. The first kappa shape index (κ1) is 19.9. The fraction of sp³-hybridized carbons (Fsp3) is 0.148. The number of hydrogen-bond donors (Lipinski definition) is 1. The maximum absolute atomic E-state index is 13.0. The molecule has 1 heterocycles. The molecule has 5 nitrogen and oxygen atoms in total. The van der Waals surface area contributed by atoms with Crippen LogP contribution in [0.1, 0.15) is 29.7 Å². The van der Waals surface area contributed by atoms with Gasteiger partial charge in [-0.1, -0.05) is 60.2 Å². The van der Waals surface area contributed by atoms with Gasteiger partial charge in [0.25, 0.3) is 5.56 Å². The second-order valence-electron chi connectivity index (χ2n) is 8.24. The third kappa shape index (κ3) is 3.62. The van der Waals surface area contributed by atoms with E-state index in [-0.39, 0.29) is 11.5 Å². The first-order valence-corrected chi connectivity index (χ1v) is 10.7. The maximum atomic E-state index is 13.0. The highest BCUT2D eigenvalue weighted by Gasteiger charge is 2.21. The number of aromatic nitrogens is 2. The minimum atomic E-state index is -0.752. The lowest BCUT2D eigenvalue weighted by molar-refractivity contribution is -0.119. The zero-order chi connectivity index (χ0) is 22.2. The first-order valence-electron chi connectivity index (χ1n) is 10.7. The van der Waals surface area contributed by atoms with Crippen molar-refractivity contribution in [3.05, 3.63) is 106 Å². The lowest BCUT2D eigenvalue weighted by Crippen LogP contribution is -2.33. The number of hydrogen-bond acceptors (Lipinski definition) is 3. The Labute approximate surface area is 186 Å². The molecule has 0 radical (unpaired) electrons. The van der Waals surface area contributed by atoms with Crippen molar-refractivity contribution in [2.45, 2.75) is 26.3 Å². The van der Waals surface area contributed by atoms with Crippen LogP contribution in [0.5, 0.6) is 0 Å². The van der Waals surface area contributed by atoms with E-state index >= 15 is 0 Å². The summed E-state index contributed by atoms with van der Waals surface area (Å²) in [6.45, 7) is 3.70. The average Bonchev–Trinajstić information content (AvgIpc) is 3.17. The molecule has 1 N–H and O–H groups in total. The largest absolute Gasteiger partial charge is 0.324 e. The van der Waals surface area contributed by atoms with Gasteiger partial charge >= 0.3 is 0 Å². The highest BCUT2D eigenvalue weighted by molar-refractivity contribution is 5.94. The maximum Gasteiger partial charge on any atom is 0.267 e. The molecule has 5 heteroatoms. The number of benzene rings is 3. The molecule has 1 unspecified atom stereocenters. The van der Waals surface area contributed by atoms with Gasteiger partial charge in [-0.3, -0.25) is 9.59 Å². The quantitative estimate of drug-likeness (QED) is 0.445. The van der Waals surface area contributed by atoms with Crippen molar-refractivity contribution in [2.75, 3.05) is 5.32 Å². The molecule has 32 heavy (non-hydrogen) atoms. The molecule has 0 saturated heterocycles. The van der Waals surface area contributed by atoms with Crippen LogP contribution >= 0.6 is 0 Å². The third-order valence-electron chi connectivity index (χ3n) is 5.98. The lowest BCUT2D eigenvalue weighted by atomic mass is 10.1. The summed E-state index contributed by atoms with van der Waals surface area (Å²) in [5, 5.41) is 7.42. The molecule has 0 aliphatic heterocycles. The highest BCUT2D eigenvalue weighted by Crippen LogP contribution is 2.37. The summed E-state index contributed by atoms with van der Waals surface area (Å²) in [6.07, 6.45) is 0.852. The molecule has 4 aromatic rings. The van der Waals surface area contributed by atoms with Gasteiger partial charge in [-0.2, -0.15) is 5.10 Å². The van der Waals surface area contributed by atoms with Crippen LogP contribution in [-0.4, -0.2) is 15.7 Å².